The number of hydrogen-bond donors (Lipinski definition) is 1. The molecule has 0 aliphatic carbocycles. The Bertz CT molecular complexity index is 599. The van der Waals surface area contributed by atoms with E-state index in [1.165, 1.54) is 11.1 Å². The van der Waals surface area contributed by atoms with Crippen molar-refractivity contribution in [2.45, 2.75) is 19.9 Å². The van der Waals surface area contributed by atoms with Gasteiger partial charge in [-0.1, -0.05) is 24.3 Å². The third-order valence-corrected chi connectivity index (χ3v) is 3.74. The van der Waals surface area contributed by atoms with E-state index in [9.17, 15) is 0 Å². The molecule has 0 saturated heterocycles. The number of nitrogens with one attached hydrogen (secondary N) is 1. The van der Waals surface area contributed by atoms with E-state index in [0.717, 1.165) is 22.6 Å². The Hall–Kier alpha value is -2.00. The number of aryl methyl sites for hydroxylation is 2. The lowest BCUT2D eigenvalue weighted by atomic mass is 9.95. The number of ether oxygens (including phenoxy) is 2. The Morgan fingerprint density at radius 3 is 2.10 bits per heavy atom. The molecule has 1 atom stereocenters. The van der Waals surface area contributed by atoms with Crippen molar-refractivity contribution in [3.63, 3.8) is 0 Å². The predicted molar refractivity (Wildman–Crippen MR) is 86.4 cm³/mol. The summed E-state index contributed by atoms with van der Waals surface area (Å²) in [6.07, 6.45) is 0. The Labute approximate surface area is 126 Å². The minimum absolute atomic E-state index is 0.128. The Morgan fingerprint density at radius 2 is 1.57 bits per heavy atom. The summed E-state index contributed by atoms with van der Waals surface area (Å²) >= 11 is 0. The standard InChI is InChI=1S/C18H23NO2/c1-12-9-15(10-13(2)18(12)21-5)17(19-3)14-7-6-8-16(11-14)20-4/h6-11,17,19H,1-5H3. The van der Waals surface area contributed by atoms with Crippen LogP contribution >= 0.6 is 0 Å². The van der Waals surface area contributed by atoms with Gasteiger partial charge in [0, 0.05) is 0 Å². The lowest BCUT2D eigenvalue weighted by molar-refractivity contribution is 0.408. The normalized spacial score (nSPS) is 12.0. The molecule has 3 nitrogen and oxygen atoms in total. The van der Waals surface area contributed by atoms with Gasteiger partial charge in [-0.15, -0.1) is 0 Å². The fourth-order valence-corrected chi connectivity index (χ4v) is 2.82. The van der Waals surface area contributed by atoms with Gasteiger partial charge < -0.3 is 14.8 Å². The molecule has 0 spiro atoms. The van der Waals surface area contributed by atoms with E-state index in [1.54, 1.807) is 14.2 Å². The van der Waals surface area contributed by atoms with Gasteiger partial charge in [0.2, 0.25) is 0 Å². The molecule has 2 rings (SSSR count). The van der Waals surface area contributed by atoms with E-state index in [-0.39, 0.29) is 6.04 Å². The van der Waals surface area contributed by atoms with Gasteiger partial charge in [-0.25, -0.2) is 0 Å². The van der Waals surface area contributed by atoms with Crippen molar-refractivity contribution in [3.05, 3.63) is 58.7 Å². The topological polar surface area (TPSA) is 30.5 Å². The van der Waals surface area contributed by atoms with E-state index in [2.05, 4.69) is 43.4 Å². The Kier molecular flexibility index (Phi) is 4.86. The summed E-state index contributed by atoms with van der Waals surface area (Å²) < 4.78 is 10.8. The summed E-state index contributed by atoms with van der Waals surface area (Å²) in [5, 5.41) is 3.38. The van der Waals surface area contributed by atoms with Crippen molar-refractivity contribution >= 4 is 0 Å². The summed E-state index contributed by atoms with van der Waals surface area (Å²) in [5.74, 6) is 1.83. The first kappa shape index (κ1) is 15.4. The van der Waals surface area contributed by atoms with Gasteiger partial charge in [0.05, 0.1) is 20.3 Å². The highest BCUT2D eigenvalue weighted by atomic mass is 16.5. The molecule has 0 bridgehead atoms. The highest BCUT2D eigenvalue weighted by Gasteiger charge is 2.15. The van der Waals surface area contributed by atoms with E-state index in [1.807, 2.05) is 19.2 Å². The first-order valence-corrected chi connectivity index (χ1v) is 7.07. The van der Waals surface area contributed by atoms with Crippen LogP contribution in [-0.2, 0) is 0 Å². The number of benzene rings is 2. The van der Waals surface area contributed by atoms with E-state index in [4.69, 9.17) is 9.47 Å². The third kappa shape index (κ3) is 3.19. The highest BCUT2D eigenvalue weighted by molar-refractivity contribution is 5.46. The van der Waals surface area contributed by atoms with Crippen LogP contribution < -0.4 is 14.8 Å². The zero-order valence-electron chi connectivity index (χ0n) is 13.4. The van der Waals surface area contributed by atoms with E-state index in [0.29, 0.717) is 0 Å². The average Bonchev–Trinajstić information content (AvgIpc) is 2.48. The zero-order chi connectivity index (χ0) is 15.4. The number of rotatable bonds is 5. The van der Waals surface area contributed by atoms with Crippen LogP contribution in [0.25, 0.3) is 0 Å². The molecular weight excluding hydrogens is 262 g/mol. The minimum Gasteiger partial charge on any atom is -0.497 e. The molecule has 1 N–H and O–H groups in total. The summed E-state index contributed by atoms with van der Waals surface area (Å²) in [7, 11) is 5.38. The van der Waals surface area contributed by atoms with Crippen LogP contribution in [0.3, 0.4) is 0 Å². The molecule has 0 aliphatic heterocycles. The van der Waals surface area contributed by atoms with Crippen LogP contribution in [0.4, 0.5) is 0 Å². The van der Waals surface area contributed by atoms with Crippen LogP contribution in [0.1, 0.15) is 28.3 Å². The quantitative estimate of drug-likeness (QED) is 0.910. The van der Waals surface area contributed by atoms with Gasteiger partial charge >= 0.3 is 0 Å². The number of methoxy groups -OCH3 is 2. The summed E-state index contributed by atoms with van der Waals surface area (Å²) in [6, 6.07) is 12.6. The average molecular weight is 285 g/mol. The van der Waals surface area contributed by atoms with Crippen LogP contribution in [-0.4, -0.2) is 21.3 Å². The maximum Gasteiger partial charge on any atom is 0.124 e. The summed E-state index contributed by atoms with van der Waals surface area (Å²) in [6.45, 7) is 4.15. The molecule has 2 aromatic carbocycles. The molecule has 0 fully saturated rings. The second-order valence-corrected chi connectivity index (χ2v) is 5.19. The summed E-state index contributed by atoms with van der Waals surface area (Å²) in [5.41, 5.74) is 4.70. The van der Waals surface area contributed by atoms with Crippen molar-refractivity contribution in [2.24, 2.45) is 0 Å². The van der Waals surface area contributed by atoms with Crippen molar-refractivity contribution < 1.29 is 9.47 Å². The van der Waals surface area contributed by atoms with Crippen molar-refractivity contribution in [3.8, 4) is 11.5 Å². The Balaban J connectivity index is 2.46. The zero-order valence-corrected chi connectivity index (χ0v) is 13.4. The lowest BCUT2D eigenvalue weighted by Gasteiger charge is -2.20. The maximum absolute atomic E-state index is 5.45. The monoisotopic (exact) mass is 285 g/mol. The van der Waals surface area contributed by atoms with Gasteiger partial charge in [0.15, 0.2) is 0 Å². The fourth-order valence-electron chi connectivity index (χ4n) is 2.82. The third-order valence-electron chi connectivity index (χ3n) is 3.74. The molecule has 112 valence electrons. The number of hydrogen-bond acceptors (Lipinski definition) is 3. The first-order chi connectivity index (χ1) is 10.1. The lowest BCUT2D eigenvalue weighted by Crippen LogP contribution is -2.18. The first-order valence-electron chi connectivity index (χ1n) is 7.07. The maximum atomic E-state index is 5.45. The molecule has 0 aliphatic rings. The molecule has 0 amide bonds. The van der Waals surface area contributed by atoms with E-state index >= 15 is 0 Å². The largest absolute Gasteiger partial charge is 0.497 e. The van der Waals surface area contributed by atoms with Gasteiger partial charge in [-0.3, -0.25) is 0 Å². The second-order valence-electron chi connectivity index (χ2n) is 5.19. The predicted octanol–water partition coefficient (Wildman–Crippen LogP) is 3.63. The molecule has 2 aromatic rings. The van der Waals surface area contributed by atoms with Crippen LogP contribution in [0.2, 0.25) is 0 Å². The van der Waals surface area contributed by atoms with E-state index < -0.39 is 0 Å². The summed E-state index contributed by atoms with van der Waals surface area (Å²) in [4.78, 5) is 0. The minimum atomic E-state index is 0.128. The van der Waals surface area contributed by atoms with Gasteiger partial charge in [-0.2, -0.15) is 0 Å². The molecule has 0 heterocycles. The Morgan fingerprint density at radius 1 is 0.905 bits per heavy atom. The van der Waals surface area contributed by atoms with Crippen molar-refractivity contribution in [1.82, 2.24) is 5.32 Å². The highest BCUT2D eigenvalue weighted by Crippen LogP contribution is 2.31. The molecule has 0 saturated carbocycles. The van der Waals surface area contributed by atoms with Crippen LogP contribution in [0, 0.1) is 13.8 Å². The smallest absolute Gasteiger partial charge is 0.124 e. The molecule has 1 unspecified atom stereocenters. The van der Waals surface area contributed by atoms with Crippen LogP contribution in [0.15, 0.2) is 36.4 Å². The second kappa shape index (κ2) is 6.64. The molecule has 3 heteroatoms. The molecular formula is C18H23NO2. The molecule has 0 radical (unpaired) electrons. The van der Waals surface area contributed by atoms with Gasteiger partial charge in [0.1, 0.15) is 11.5 Å². The SMILES string of the molecule is CNC(c1cccc(OC)c1)c1cc(C)c(OC)c(C)c1. The van der Waals surface area contributed by atoms with Gasteiger partial charge in [0.25, 0.3) is 0 Å². The molecule has 21 heavy (non-hydrogen) atoms. The fraction of sp³-hybridized carbons (Fsp3) is 0.333. The van der Waals surface area contributed by atoms with Crippen molar-refractivity contribution in [1.29, 1.82) is 0 Å². The van der Waals surface area contributed by atoms with Crippen LogP contribution in [0.5, 0.6) is 11.5 Å². The molecule has 0 aromatic heterocycles. The van der Waals surface area contributed by atoms with Crippen molar-refractivity contribution in [2.75, 3.05) is 21.3 Å². The van der Waals surface area contributed by atoms with Gasteiger partial charge in [-0.05, 0) is 55.3 Å².